The van der Waals surface area contributed by atoms with Crippen LogP contribution in [0.2, 0.25) is 0 Å². The predicted molar refractivity (Wildman–Crippen MR) is 65.7 cm³/mol. The highest BCUT2D eigenvalue weighted by molar-refractivity contribution is 5.53. The van der Waals surface area contributed by atoms with Gasteiger partial charge in [-0.2, -0.15) is 0 Å². The molecule has 0 aromatic heterocycles. The molecule has 1 aromatic carbocycles. The molecule has 0 saturated carbocycles. The minimum absolute atomic E-state index is 0.714. The van der Waals surface area contributed by atoms with E-state index in [-0.39, 0.29) is 0 Å². The number of anilines is 1. The van der Waals surface area contributed by atoms with Gasteiger partial charge >= 0.3 is 0 Å². The average molecular weight is 207 g/mol. The molecule has 0 radical (unpaired) electrons. The first-order valence-corrected chi connectivity index (χ1v) is 5.55. The average Bonchev–Trinajstić information content (AvgIpc) is 2.26. The topological polar surface area (TPSA) is 21.3 Å². The maximum Gasteiger partial charge on any atom is 0.119 e. The quantitative estimate of drug-likeness (QED) is 0.798. The molecule has 0 heterocycles. The van der Waals surface area contributed by atoms with Crippen LogP contribution >= 0.6 is 0 Å². The van der Waals surface area contributed by atoms with Crippen molar-refractivity contribution in [2.75, 3.05) is 19.0 Å². The summed E-state index contributed by atoms with van der Waals surface area (Å²) in [7, 11) is 1.70. The maximum absolute atomic E-state index is 5.17. The number of rotatable bonds is 5. The van der Waals surface area contributed by atoms with E-state index in [1.54, 1.807) is 7.11 Å². The van der Waals surface area contributed by atoms with E-state index in [0.717, 1.165) is 12.3 Å². The van der Waals surface area contributed by atoms with E-state index in [4.69, 9.17) is 4.74 Å². The monoisotopic (exact) mass is 207 g/mol. The zero-order chi connectivity index (χ0) is 11.3. The van der Waals surface area contributed by atoms with Gasteiger partial charge in [0.05, 0.1) is 7.11 Å². The SMILES string of the molecule is CC[C@H](C)CNc1ccc(OC)cc1C. The van der Waals surface area contributed by atoms with E-state index < -0.39 is 0 Å². The number of aryl methyl sites for hydroxylation is 1. The molecule has 0 amide bonds. The van der Waals surface area contributed by atoms with Crippen LogP contribution in [-0.2, 0) is 0 Å². The van der Waals surface area contributed by atoms with Gasteiger partial charge in [0.15, 0.2) is 0 Å². The van der Waals surface area contributed by atoms with Crippen molar-refractivity contribution in [3.8, 4) is 5.75 Å². The second-order valence-electron chi connectivity index (χ2n) is 4.08. The Hall–Kier alpha value is -1.18. The number of ether oxygens (including phenoxy) is 1. The molecule has 0 aliphatic rings. The first-order valence-electron chi connectivity index (χ1n) is 5.55. The largest absolute Gasteiger partial charge is 0.497 e. The highest BCUT2D eigenvalue weighted by Crippen LogP contribution is 2.21. The van der Waals surface area contributed by atoms with Gasteiger partial charge in [-0.1, -0.05) is 20.3 Å². The molecule has 1 N–H and O–H groups in total. The number of benzene rings is 1. The van der Waals surface area contributed by atoms with Crippen molar-refractivity contribution in [2.24, 2.45) is 5.92 Å². The molecule has 0 aliphatic heterocycles. The van der Waals surface area contributed by atoms with E-state index >= 15 is 0 Å². The van der Waals surface area contributed by atoms with Crippen molar-refractivity contribution in [1.29, 1.82) is 0 Å². The number of hydrogen-bond donors (Lipinski definition) is 1. The smallest absolute Gasteiger partial charge is 0.119 e. The summed E-state index contributed by atoms with van der Waals surface area (Å²) in [4.78, 5) is 0. The van der Waals surface area contributed by atoms with Gasteiger partial charge < -0.3 is 10.1 Å². The van der Waals surface area contributed by atoms with E-state index in [2.05, 4.69) is 38.2 Å². The molecular formula is C13H21NO. The molecule has 2 heteroatoms. The lowest BCUT2D eigenvalue weighted by molar-refractivity contribution is 0.414. The number of methoxy groups -OCH3 is 1. The van der Waals surface area contributed by atoms with Crippen LogP contribution in [0.25, 0.3) is 0 Å². The normalized spacial score (nSPS) is 12.3. The summed E-state index contributed by atoms with van der Waals surface area (Å²) in [6.07, 6.45) is 1.21. The Morgan fingerprint density at radius 2 is 2.13 bits per heavy atom. The van der Waals surface area contributed by atoms with Crippen LogP contribution < -0.4 is 10.1 Å². The number of nitrogens with one attached hydrogen (secondary N) is 1. The van der Waals surface area contributed by atoms with Crippen LogP contribution in [0.4, 0.5) is 5.69 Å². The molecule has 1 aromatic rings. The summed E-state index contributed by atoms with van der Waals surface area (Å²) in [5.41, 5.74) is 2.44. The van der Waals surface area contributed by atoms with Gasteiger partial charge in [-0.05, 0) is 36.6 Å². The Morgan fingerprint density at radius 1 is 1.40 bits per heavy atom. The van der Waals surface area contributed by atoms with E-state index in [1.807, 2.05) is 6.07 Å². The van der Waals surface area contributed by atoms with Crippen molar-refractivity contribution < 1.29 is 4.74 Å². The van der Waals surface area contributed by atoms with Gasteiger partial charge in [0.1, 0.15) is 5.75 Å². The fourth-order valence-electron chi connectivity index (χ4n) is 1.39. The lowest BCUT2D eigenvalue weighted by atomic mass is 10.1. The molecule has 1 atom stereocenters. The third-order valence-electron chi connectivity index (χ3n) is 2.77. The van der Waals surface area contributed by atoms with Gasteiger partial charge in [-0.15, -0.1) is 0 Å². The van der Waals surface area contributed by atoms with Crippen molar-refractivity contribution in [2.45, 2.75) is 27.2 Å². The Morgan fingerprint density at radius 3 is 2.67 bits per heavy atom. The first-order chi connectivity index (χ1) is 7.17. The highest BCUT2D eigenvalue weighted by atomic mass is 16.5. The summed E-state index contributed by atoms with van der Waals surface area (Å²) in [5, 5.41) is 3.46. The Labute approximate surface area is 92.6 Å². The van der Waals surface area contributed by atoms with E-state index in [9.17, 15) is 0 Å². The first kappa shape index (κ1) is 11.9. The Bertz CT molecular complexity index is 309. The minimum Gasteiger partial charge on any atom is -0.497 e. The van der Waals surface area contributed by atoms with E-state index in [0.29, 0.717) is 5.92 Å². The van der Waals surface area contributed by atoms with Gasteiger partial charge in [-0.3, -0.25) is 0 Å². The molecule has 0 aliphatic carbocycles. The van der Waals surface area contributed by atoms with Crippen LogP contribution in [0, 0.1) is 12.8 Å². The van der Waals surface area contributed by atoms with Crippen LogP contribution in [0.3, 0.4) is 0 Å². The molecule has 0 spiro atoms. The van der Waals surface area contributed by atoms with Crippen LogP contribution in [0.1, 0.15) is 25.8 Å². The van der Waals surface area contributed by atoms with E-state index in [1.165, 1.54) is 17.7 Å². The predicted octanol–water partition coefficient (Wildman–Crippen LogP) is 3.46. The Kier molecular flexibility index (Phi) is 4.47. The summed E-state index contributed by atoms with van der Waals surface area (Å²) >= 11 is 0. The van der Waals surface area contributed by atoms with Crippen LogP contribution in [0.15, 0.2) is 18.2 Å². The fourth-order valence-corrected chi connectivity index (χ4v) is 1.39. The summed E-state index contributed by atoms with van der Waals surface area (Å²) in [6, 6.07) is 6.13. The third-order valence-corrected chi connectivity index (χ3v) is 2.77. The Balaban J connectivity index is 2.62. The molecule has 0 unspecified atom stereocenters. The molecular weight excluding hydrogens is 186 g/mol. The fraction of sp³-hybridized carbons (Fsp3) is 0.538. The molecule has 1 rings (SSSR count). The van der Waals surface area contributed by atoms with Crippen molar-refractivity contribution >= 4 is 5.69 Å². The molecule has 0 fully saturated rings. The summed E-state index contributed by atoms with van der Waals surface area (Å²) in [6.45, 7) is 7.60. The summed E-state index contributed by atoms with van der Waals surface area (Å²) in [5.74, 6) is 1.63. The second-order valence-corrected chi connectivity index (χ2v) is 4.08. The van der Waals surface area contributed by atoms with Crippen molar-refractivity contribution in [1.82, 2.24) is 0 Å². The lowest BCUT2D eigenvalue weighted by Crippen LogP contribution is -2.10. The van der Waals surface area contributed by atoms with Gasteiger partial charge in [0.25, 0.3) is 0 Å². The third kappa shape index (κ3) is 3.46. The second kappa shape index (κ2) is 5.64. The highest BCUT2D eigenvalue weighted by Gasteiger charge is 2.02. The molecule has 0 bridgehead atoms. The standard InChI is InChI=1S/C13H21NO/c1-5-10(2)9-14-13-7-6-12(15-4)8-11(13)3/h6-8,10,14H,5,9H2,1-4H3/t10-/m0/s1. The van der Waals surface area contributed by atoms with Crippen LogP contribution in [-0.4, -0.2) is 13.7 Å². The zero-order valence-electron chi connectivity index (χ0n) is 10.1. The van der Waals surface area contributed by atoms with Crippen molar-refractivity contribution in [3.63, 3.8) is 0 Å². The van der Waals surface area contributed by atoms with Crippen LogP contribution in [0.5, 0.6) is 5.75 Å². The zero-order valence-corrected chi connectivity index (χ0v) is 10.1. The lowest BCUT2D eigenvalue weighted by Gasteiger charge is -2.14. The molecule has 84 valence electrons. The number of hydrogen-bond acceptors (Lipinski definition) is 2. The van der Waals surface area contributed by atoms with Gasteiger partial charge in [0.2, 0.25) is 0 Å². The van der Waals surface area contributed by atoms with Crippen molar-refractivity contribution in [3.05, 3.63) is 23.8 Å². The molecule has 15 heavy (non-hydrogen) atoms. The maximum atomic E-state index is 5.17. The van der Waals surface area contributed by atoms with Gasteiger partial charge in [0, 0.05) is 12.2 Å². The van der Waals surface area contributed by atoms with Gasteiger partial charge in [-0.25, -0.2) is 0 Å². The summed E-state index contributed by atoms with van der Waals surface area (Å²) < 4.78 is 5.17. The molecule has 2 nitrogen and oxygen atoms in total. The molecule has 0 saturated heterocycles. The minimum atomic E-state index is 0.714.